The van der Waals surface area contributed by atoms with E-state index in [1.165, 1.54) is 23.1 Å². The van der Waals surface area contributed by atoms with Crippen molar-refractivity contribution in [3.8, 4) is 5.75 Å². The Morgan fingerprint density at radius 2 is 2.04 bits per heavy atom. The van der Waals surface area contributed by atoms with Gasteiger partial charge in [-0.2, -0.15) is 8.78 Å². The number of carbonyl (C=O) groups is 1. The number of halogens is 2. The van der Waals surface area contributed by atoms with E-state index >= 15 is 0 Å². The minimum atomic E-state index is -2.92. The number of benzene rings is 2. The van der Waals surface area contributed by atoms with Gasteiger partial charge in [0.15, 0.2) is 0 Å². The number of aromatic nitrogens is 1. The Labute approximate surface area is 154 Å². The molecule has 2 aromatic carbocycles. The number of hydrogen-bond donors (Lipinski definition) is 1. The summed E-state index contributed by atoms with van der Waals surface area (Å²) in [5.74, 6) is -0.176. The van der Waals surface area contributed by atoms with Crippen LogP contribution >= 0.6 is 0 Å². The summed E-state index contributed by atoms with van der Waals surface area (Å²) in [6.45, 7) is -2.35. The lowest BCUT2D eigenvalue weighted by molar-refractivity contribution is -0.0499. The van der Waals surface area contributed by atoms with Crippen molar-refractivity contribution in [3.63, 3.8) is 0 Å². The van der Waals surface area contributed by atoms with Crippen LogP contribution in [-0.4, -0.2) is 36.0 Å². The molecule has 5 rings (SSSR count). The first-order chi connectivity index (χ1) is 13.0. The monoisotopic (exact) mass is 369 g/mol. The van der Waals surface area contributed by atoms with E-state index in [9.17, 15) is 13.6 Å². The number of ether oxygens (including phenoxy) is 1. The molecule has 3 heterocycles. The molecule has 0 aliphatic carbocycles. The van der Waals surface area contributed by atoms with Crippen LogP contribution in [0.4, 0.5) is 14.5 Å². The molecule has 27 heavy (non-hydrogen) atoms. The van der Waals surface area contributed by atoms with Gasteiger partial charge in [0.25, 0.3) is 5.91 Å². The van der Waals surface area contributed by atoms with Crippen LogP contribution in [0, 0.1) is 0 Å². The third-order valence-electron chi connectivity index (χ3n) is 5.43. The standard InChI is InChI=1S/C20H17F2N3O2/c1-24-16-7-6-11(27-20(21)22)10-14(16)19(26)25-9-8-13-12-4-2-3-5-15(12)23-17(13)18(24)25/h2-7,10,18,20,23H,8-9H2,1H3. The SMILES string of the molecule is CN1c2ccc(OC(F)F)cc2C(=O)N2CCc3c([nH]c4ccccc34)C21. The van der Waals surface area contributed by atoms with Gasteiger partial charge in [0.05, 0.1) is 16.9 Å². The summed E-state index contributed by atoms with van der Waals surface area (Å²) in [7, 11) is 1.91. The molecule has 1 aromatic heterocycles. The fourth-order valence-corrected chi connectivity index (χ4v) is 4.29. The third kappa shape index (κ3) is 2.31. The van der Waals surface area contributed by atoms with Crippen LogP contribution in [0.2, 0.25) is 0 Å². The number of carbonyl (C=O) groups excluding carboxylic acids is 1. The zero-order valence-electron chi connectivity index (χ0n) is 14.6. The van der Waals surface area contributed by atoms with Gasteiger partial charge in [0.1, 0.15) is 11.9 Å². The first kappa shape index (κ1) is 16.1. The van der Waals surface area contributed by atoms with Crippen LogP contribution < -0.4 is 9.64 Å². The zero-order chi connectivity index (χ0) is 18.7. The summed E-state index contributed by atoms with van der Waals surface area (Å²) >= 11 is 0. The second-order valence-corrected chi connectivity index (χ2v) is 6.85. The van der Waals surface area contributed by atoms with E-state index in [-0.39, 0.29) is 17.8 Å². The van der Waals surface area contributed by atoms with Gasteiger partial charge in [-0.1, -0.05) is 18.2 Å². The smallest absolute Gasteiger partial charge is 0.387 e. The van der Waals surface area contributed by atoms with Crippen molar-refractivity contribution >= 4 is 22.5 Å². The number of rotatable bonds is 2. The van der Waals surface area contributed by atoms with Gasteiger partial charge in [-0.05, 0) is 36.2 Å². The van der Waals surface area contributed by atoms with Crippen molar-refractivity contribution < 1.29 is 18.3 Å². The first-order valence-corrected chi connectivity index (χ1v) is 8.77. The van der Waals surface area contributed by atoms with Gasteiger partial charge in [-0.3, -0.25) is 4.79 Å². The second-order valence-electron chi connectivity index (χ2n) is 6.85. The largest absolute Gasteiger partial charge is 0.435 e. The number of para-hydroxylation sites is 1. The van der Waals surface area contributed by atoms with Crippen molar-refractivity contribution in [1.29, 1.82) is 0 Å². The Morgan fingerprint density at radius 1 is 1.22 bits per heavy atom. The van der Waals surface area contributed by atoms with Crippen molar-refractivity contribution in [2.75, 3.05) is 18.5 Å². The molecule has 0 saturated heterocycles. The van der Waals surface area contributed by atoms with Gasteiger partial charge in [0, 0.05) is 24.5 Å². The normalized spacial score (nSPS) is 18.5. The minimum absolute atomic E-state index is 0.00717. The molecule has 1 atom stereocenters. The van der Waals surface area contributed by atoms with Crippen LogP contribution in [-0.2, 0) is 6.42 Å². The number of alkyl halides is 2. The molecule has 0 bridgehead atoms. The molecule has 1 amide bonds. The van der Waals surface area contributed by atoms with Crippen molar-refractivity contribution in [2.24, 2.45) is 0 Å². The Morgan fingerprint density at radius 3 is 2.85 bits per heavy atom. The predicted molar refractivity (Wildman–Crippen MR) is 97.3 cm³/mol. The number of fused-ring (bicyclic) bond motifs is 6. The maximum absolute atomic E-state index is 13.1. The highest BCUT2D eigenvalue weighted by molar-refractivity contribution is 6.03. The van der Waals surface area contributed by atoms with E-state index < -0.39 is 6.61 Å². The average Bonchev–Trinajstić information content (AvgIpc) is 3.03. The van der Waals surface area contributed by atoms with Gasteiger partial charge in [-0.15, -0.1) is 0 Å². The molecule has 1 N–H and O–H groups in total. The van der Waals surface area contributed by atoms with Crippen LogP contribution in [0.25, 0.3) is 10.9 Å². The summed E-state index contributed by atoms with van der Waals surface area (Å²) in [6.07, 6.45) is 0.501. The average molecular weight is 369 g/mol. The van der Waals surface area contributed by atoms with E-state index in [4.69, 9.17) is 0 Å². The first-order valence-electron chi connectivity index (χ1n) is 8.77. The Hall–Kier alpha value is -3.09. The quantitative estimate of drug-likeness (QED) is 0.745. The highest BCUT2D eigenvalue weighted by Gasteiger charge is 2.41. The van der Waals surface area contributed by atoms with Gasteiger partial charge < -0.3 is 19.5 Å². The molecule has 2 aliphatic rings. The number of anilines is 1. The summed E-state index contributed by atoms with van der Waals surface area (Å²) in [5.41, 5.74) is 4.38. The second kappa shape index (κ2) is 5.70. The van der Waals surface area contributed by atoms with E-state index in [0.29, 0.717) is 17.8 Å². The van der Waals surface area contributed by atoms with Crippen molar-refractivity contribution in [3.05, 3.63) is 59.3 Å². The van der Waals surface area contributed by atoms with Gasteiger partial charge >= 0.3 is 6.61 Å². The molecule has 0 fully saturated rings. The fraction of sp³-hybridized carbons (Fsp3) is 0.250. The molecule has 0 radical (unpaired) electrons. The Bertz CT molecular complexity index is 1060. The predicted octanol–water partition coefficient (Wildman–Crippen LogP) is 3.92. The number of H-pyrrole nitrogens is 1. The molecule has 2 aliphatic heterocycles. The van der Waals surface area contributed by atoms with E-state index in [1.807, 2.05) is 30.1 Å². The Kier molecular flexibility index (Phi) is 3.40. The lowest BCUT2D eigenvalue weighted by atomic mass is 9.96. The lowest BCUT2D eigenvalue weighted by Gasteiger charge is -2.46. The molecule has 138 valence electrons. The summed E-state index contributed by atoms with van der Waals surface area (Å²) in [4.78, 5) is 20.4. The zero-order valence-corrected chi connectivity index (χ0v) is 14.6. The summed E-state index contributed by atoms with van der Waals surface area (Å²) in [6, 6.07) is 12.7. The number of nitrogens with one attached hydrogen (secondary N) is 1. The molecule has 5 nitrogen and oxygen atoms in total. The molecule has 1 unspecified atom stereocenters. The molecule has 3 aromatic rings. The number of nitrogens with zero attached hydrogens (tertiary/aromatic N) is 2. The van der Waals surface area contributed by atoms with Crippen LogP contribution in [0.15, 0.2) is 42.5 Å². The highest BCUT2D eigenvalue weighted by atomic mass is 19.3. The van der Waals surface area contributed by atoms with Crippen LogP contribution in [0.3, 0.4) is 0 Å². The summed E-state index contributed by atoms with van der Waals surface area (Å²) < 4.78 is 29.5. The molecule has 7 heteroatoms. The number of hydrogen-bond acceptors (Lipinski definition) is 3. The molecule has 0 saturated carbocycles. The molecular weight excluding hydrogens is 352 g/mol. The van der Waals surface area contributed by atoms with E-state index in [1.54, 1.807) is 11.0 Å². The number of aromatic amines is 1. The van der Waals surface area contributed by atoms with Gasteiger partial charge in [0.2, 0.25) is 0 Å². The molecular formula is C20H17F2N3O2. The van der Waals surface area contributed by atoms with Crippen LogP contribution in [0.1, 0.15) is 27.8 Å². The van der Waals surface area contributed by atoms with Crippen LogP contribution in [0.5, 0.6) is 5.75 Å². The number of amides is 1. The van der Waals surface area contributed by atoms with Crippen molar-refractivity contribution in [2.45, 2.75) is 19.2 Å². The lowest BCUT2D eigenvalue weighted by Crippen LogP contribution is -2.51. The van der Waals surface area contributed by atoms with Crippen molar-refractivity contribution in [1.82, 2.24) is 9.88 Å². The highest BCUT2D eigenvalue weighted by Crippen LogP contribution is 2.43. The maximum atomic E-state index is 13.1. The Balaban J connectivity index is 1.63. The summed E-state index contributed by atoms with van der Waals surface area (Å²) in [5, 5.41) is 1.18. The fourth-order valence-electron chi connectivity index (χ4n) is 4.29. The van der Waals surface area contributed by atoms with Gasteiger partial charge in [-0.25, -0.2) is 0 Å². The van der Waals surface area contributed by atoms with E-state index in [2.05, 4.69) is 15.8 Å². The third-order valence-corrected chi connectivity index (χ3v) is 5.43. The topological polar surface area (TPSA) is 48.6 Å². The minimum Gasteiger partial charge on any atom is -0.435 e. The maximum Gasteiger partial charge on any atom is 0.387 e. The van der Waals surface area contributed by atoms with E-state index in [0.717, 1.165) is 17.6 Å². The molecule has 0 spiro atoms.